The van der Waals surface area contributed by atoms with Gasteiger partial charge in [0.05, 0.1) is 10.6 Å². The summed E-state index contributed by atoms with van der Waals surface area (Å²) in [5.74, 6) is 0.586. The quantitative estimate of drug-likeness (QED) is 0.837. The second-order valence-corrected chi connectivity index (χ2v) is 7.44. The Morgan fingerprint density at radius 1 is 1.04 bits per heavy atom. The van der Waals surface area contributed by atoms with E-state index in [0.29, 0.717) is 18.7 Å². The standard InChI is InChI=1S/C17H18N2O2S2/c20-23(21,16-10-8-14(13-22)9-11-16)19-12-4-7-17(18-19)15-5-2-1-3-6-15/h1-3,5-11,18,22H,4,12-13H2. The Morgan fingerprint density at radius 2 is 1.74 bits per heavy atom. The van der Waals surface area contributed by atoms with E-state index in [1.165, 1.54) is 4.41 Å². The van der Waals surface area contributed by atoms with Crippen LogP contribution in [0.1, 0.15) is 17.5 Å². The van der Waals surface area contributed by atoms with E-state index < -0.39 is 10.0 Å². The van der Waals surface area contributed by atoms with Crippen LogP contribution in [-0.4, -0.2) is 19.4 Å². The molecule has 0 radical (unpaired) electrons. The summed E-state index contributed by atoms with van der Waals surface area (Å²) in [5.41, 5.74) is 5.80. The number of sulfonamides is 1. The fourth-order valence-corrected chi connectivity index (χ4v) is 3.95. The van der Waals surface area contributed by atoms with Crippen molar-refractivity contribution in [3.8, 4) is 0 Å². The van der Waals surface area contributed by atoms with Crippen LogP contribution in [0.2, 0.25) is 0 Å². The summed E-state index contributed by atoms with van der Waals surface area (Å²) in [4.78, 5) is 0.282. The molecule has 1 aliphatic rings. The van der Waals surface area contributed by atoms with Gasteiger partial charge >= 0.3 is 0 Å². The molecule has 0 saturated heterocycles. The predicted molar refractivity (Wildman–Crippen MR) is 95.2 cm³/mol. The molecule has 1 heterocycles. The maximum atomic E-state index is 12.8. The highest BCUT2D eigenvalue weighted by molar-refractivity contribution is 7.89. The van der Waals surface area contributed by atoms with E-state index >= 15 is 0 Å². The molecule has 0 aromatic heterocycles. The first-order valence-corrected chi connectivity index (χ1v) is 9.43. The number of nitrogens with one attached hydrogen (secondary N) is 1. The fourth-order valence-electron chi connectivity index (χ4n) is 2.44. The minimum atomic E-state index is -3.57. The molecule has 23 heavy (non-hydrogen) atoms. The monoisotopic (exact) mass is 346 g/mol. The predicted octanol–water partition coefficient (Wildman–Crippen LogP) is 3.06. The molecule has 0 atom stereocenters. The number of benzene rings is 2. The summed E-state index contributed by atoms with van der Waals surface area (Å²) in [7, 11) is -3.57. The molecule has 1 N–H and O–H groups in total. The topological polar surface area (TPSA) is 49.4 Å². The van der Waals surface area contributed by atoms with E-state index in [1.807, 2.05) is 36.4 Å². The zero-order valence-electron chi connectivity index (χ0n) is 12.5. The van der Waals surface area contributed by atoms with E-state index in [0.717, 1.165) is 16.8 Å². The van der Waals surface area contributed by atoms with Gasteiger partial charge in [-0.3, -0.25) is 0 Å². The molecule has 1 aliphatic heterocycles. The molecule has 0 spiro atoms. The third kappa shape index (κ3) is 3.44. The number of rotatable bonds is 4. The second-order valence-electron chi connectivity index (χ2n) is 5.26. The average Bonchev–Trinajstić information content (AvgIpc) is 2.62. The van der Waals surface area contributed by atoms with Gasteiger partial charge in [0.25, 0.3) is 10.0 Å². The maximum absolute atomic E-state index is 12.8. The van der Waals surface area contributed by atoms with Gasteiger partial charge in [-0.15, -0.1) is 4.41 Å². The molecule has 120 valence electrons. The zero-order valence-corrected chi connectivity index (χ0v) is 14.2. The Labute approximate surface area is 142 Å². The van der Waals surface area contributed by atoms with Gasteiger partial charge in [-0.05, 0) is 29.7 Å². The molecular formula is C17H18N2O2S2. The van der Waals surface area contributed by atoms with Crippen molar-refractivity contribution in [2.45, 2.75) is 17.1 Å². The Hall–Kier alpha value is -1.76. The molecular weight excluding hydrogens is 328 g/mol. The SMILES string of the molecule is O=S(=O)(c1ccc(CS)cc1)N1CCC=C(c2ccccc2)N1. The van der Waals surface area contributed by atoms with Crippen LogP contribution >= 0.6 is 12.6 Å². The number of hydrogen-bond donors (Lipinski definition) is 2. The first-order chi connectivity index (χ1) is 11.1. The molecule has 0 fully saturated rings. The summed E-state index contributed by atoms with van der Waals surface area (Å²) >= 11 is 4.19. The molecule has 0 aliphatic carbocycles. The molecule has 2 aromatic rings. The average molecular weight is 346 g/mol. The highest BCUT2D eigenvalue weighted by Gasteiger charge is 2.27. The van der Waals surface area contributed by atoms with Crippen molar-refractivity contribution in [1.29, 1.82) is 0 Å². The van der Waals surface area contributed by atoms with Crippen LogP contribution in [0.5, 0.6) is 0 Å². The van der Waals surface area contributed by atoms with E-state index in [-0.39, 0.29) is 4.90 Å². The first kappa shape index (κ1) is 16.1. The summed E-state index contributed by atoms with van der Waals surface area (Å²) in [6.45, 7) is 0.410. The van der Waals surface area contributed by atoms with E-state index in [1.54, 1.807) is 24.3 Å². The van der Waals surface area contributed by atoms with Crippen molar-refractivity contribution < 1.29 is 8.42 Å². The summed E-state index contributed by atoms with van der Waals surface area (Å²) in [5, 5.41) is 0. The minimum Gasteiger partial charge on any atom is -0.305 e. The normalized spacial score (nSPS) is 15.8. The highest BCUT2D eigenvalue weighted by Crippen LogP contribution is 2.22. The van der Waals surface area contributed by atoms with Gasteiger partial charge in [-0.2, -0.15) is 12.6 Å². The van der Waals surface area contributed by atoms with Gasteiger partial charge in [0.2, 0.25) is 0 Å². The molecule has 2 aromatic carbocycles. The van der Waals surface area contributed by atoms with Crippen molar-refractivity contribution in [3.05, 3.63) is 71.8 Å². The molecule has 3 rings (SSSR count). The molecule has 4 nitrogen and oxygen atoms in total. The smallest absolute Gasteiger partial charge is 0.259 e. The lowest BCUT2D eigenvalue weighted by Crippen LogP contribution is -2.44. The van der Waals surface area contributed by atoms with Crippen LogP contribution in [0.25, 0.3) is 5.70 Å². The first-order valence-electron chi connectivity index (χ1n) is 7.36. The largest absolute Gasteiger partial charge is 0.305 e. The second kappa shape index (κ2) is 6.78. The number of hydrogen-bond acceptors (Lipinski definition) is 4. The maximum Gasteiger partial charge on any atom is 0.259 e. The van der Waals surface area contributed by atoms with Crippen molar-refractivity contribution in [1.82, 2.24) is 9.84 Å². The van der Waals surface area contributed by atoms with Gasteiger partial charge in [0, 0.05) is 12.3 Å². The van der Waals surface area contributed by atoms with Crippen molar-refractivity contribution in [3.63, 3.8) is 0 Å². The van der Waals surface area contributed by atoms with Gasteiger partial charge in [-0.25, -0.2) is 8.42 Å². The Balaban J connectivity index is 1.85. The lowest BCUT2D eigenvalue weighted by Gasteiger charge is -2.28. The Morgan fingerprint density at radius 3 is 2.39 bits per heavy atom. The van der Waals surface area contributed by atoms with Crippen molar-refractivity contribution in [2.75, 3.05) is 6.54 Å². The zero-order chi connectivity index (χ0) is 16.3. The van der Waals surface area contributed by atoms with Crippen LogP contribution < -0.4 is 5.43 Å². The van der Waals surface area contributed by atoms with E-state index in [9.17, 15) is 8.42 Å². The number of hydrazine groups is 1. The van der Waals surface area contributed by atoms with Crippen LogP contribution in [0.4, 0.5) is 0 Å². The van der Waals surface area contributed by atoms with Gasteiger partial charge in [-0.1, -0.05) is 48.5 Å². The third-order valence-corrected chi connectivity index (χ3v) is 5.79. The Bertz CT molecular complexity index is 800. The molecule has 6 heteroatoms. The molecule has 0 unspecified atom stereocenters. The van der Waals surface area contributed by atoms with E-state index in [2.05, 4.69) is 18.1 Å². The molecule has 0 saturated carbocycles. The van der Waals surface area contributed by atoms with Crippen LogP contribution in [0.3, 0.4) is 0 Å². The van der Waals surface area contributed by atoms with Gasteiger partial charge in [0.15, 0.2) is 0 Å². The van der Waals surface area contributed by atoms with Crippen LogP contribution in [0.15, 0.2) is 65.6 Å². The van der Waals surface area contributed by atoms with E-state index in [4.69, 9.17) is 0 Å². The summed E-state index contributed by atoms with van der Waals surface area (Å²) in [6, 6.07) is 16.5. The van der Waals surface area contributed by atoms with Crippen molar-refractivity contribution >= 4 is 28.3 Å². The number of nitrogens with zero attached hydrogens (tertiary/aromatic N) is 1. The molecule has 0 bridgehead atoms. The fraction of sp³-hybridized carbons (Fsp3) is 0.176. The third-order valence-electron chi connectivity index (χ3n) is 3.70. The summed E-state index contributed by atoms with van der Waals surface area (Å²) < 4.78 is 26.9. The van der Waals surface area contributed by atoms with Crippen molar-refractivity contribution in [2.24, 2.45) is 0 Å². The van der Waals surface area contributed by atoms with Crippen LogP contribution in [0, 0.1) is 0 Å². The Kier molecular flexibility index (Phi) is 4.75. The highest BCUT2D eigenvalue weighted by atomic mass is 32.2. The van der Waals surface area contributed by atoms with Crippen LogP contribution in [-0.2, 0) is 15.8 Å². The van der Waals surface area contributed by atoms with Gasteiger partial charge < -0.3 is 5.43 Å². The lowest BCUT2D eigenvalue weighted by atomic mass is 10.1. The number of thiol groups is 1. The van der Waals surface area contributed by atoms with Gasteiger partial charge in [0.1, 0.15) is 0 Å². The molecule has 0 amide bonds. The minimum absolute atomic E-state index is 0.282. The summed E-state index contributed by atoms with van der Waals surface area (Å²) in [6.07, 6.45) is 2.69. The lowest BCUT2D eigenvalue weighted by molar-refractivity contribution is 0.363.